The Hall–Kier alpha value is -2.28. The first-order valence-corrected chi connectivity index (χ1v) is 4.86. The molecule has 2 rings (SSSR count). The largest absolute Gasteiger partial charge is 0.465 e. The SMILES string of the molecule is COC(=O)c1ccc2c(c1)N(C)NN2C(N)=O. The minimum Gasteiger partial charge on any atom is -0.465 e. The Balaban J connectivity index is 2.44. The lowest BCUT2D eigenvalue weighted by Crippen LogP contribution is -2.48. The van der Waals surface area contributed by atoms with Crippen LogP contribution in [0, 0.1) is 0 Å². The number of hydrazine groups is 2. The summed E-state index contributed by atoms with van der Waals surface area (Å²) < 4.78 is 4.62. The summed E-state index contributed by atoms with van der Waals surface area (Å²) in [5.74, 6) is -0.432. The third kappa shape index (κ3) is 1.76. The van der Waals surface area contributed by atoms with Crippen LogP contribution in [0.2, 0.25) is 0 Å². The minimum absolute atomic E-state index is 0.409. The molecule has 1 aliphatic rings. The molecule has 1 aliphatic heterocycles. The molecule has 2 amide bonds. The number of nitrogens with one attached hydrogen (secondary N) is 1. The van der Waals surface area contributed by atoms with E-state index in [4.69, 9.17) is 5.73 Å². The fraction of sp³-hybridized carbons (Fsp3) is 0.200. The molecule has 1 aromatic rings. The molecular formula is C10H12N4O3. The van der Waals surface area contributed by atoms with Crippen molar-refractivity contribution in [2.75, 3.05) is 24.2 Å². The monoisotopic (exact) mass is 236 g/mol. The van der Waals surface area contributed by atoms with Gasteiger partial charge in [-0.3, -0.25) is 5.01 Å². The van der Waals surface area contributed by atoms with Crippen LogP contribution in [0.15, 0.2) is 18.2 Å². The second-order valence-electron chi connectivity index (χ2n) is 3.53. The Bertz CT molecular complexity index is 488. The number of methoxy groups -OCH3 is 1. The standard InChI is InChI=1S/C10H12N4O3/c1-13-8-5-6(9(15)17-2)3-4-7(8)14(12-13)10(11)16/h3-5,12H,1-2H3,(H2,11,16). The van der Waals surface area contributed by atoms with Crippen molar-refractivity contribution in [3.05, 3.63) is 23.8 Å². The van der Waals surface area contributed by atoms with Gasteiger partial charge in [0.25, 0.3) is 0 Å². The Kier molecular flexibility index (Phi) is 2.60. The normalized spacial score (nSPS) is 13.5. The molecule has 0 aliphatic carbocycles. The summed E-state index contributed by atoms with van der Waals surface area (Å²) in [7, 11) is 3.02. The van der Waals surface area contributed by atoms with Gasteiger partial charge >= 0.3 is 12.0 Å². The van der Waals surface area contributed by atoms with E-state index in [-0.39, 0.29) is 0 Å². The van der Waals surface area contributed by atoms with Crippen molar-refractivity contribution >= 4 is 23.4 Å². The van der Waals surface area contributed by atoms with Crippen LogP contribution in [0.3, 0.4) is 0 Å². The molecule has 0 spiro atoms. The number of fused-ring (bicyclic) bond motifs is 1. The molecule has 0 atom stereocenters. The Morgan fingerprint density at radius 2 is 2.06 bits per heavy atom. The van der Waals surface area contributed by atoms with Gasteiger partial charge in [-0.2, -0.15) is 0 Å². The fourth-order valence-electron chi connectivity index (χ4n) is 1.65. The van der Waals surface area contributed by atoms with Gasteiger partial charge in [0.1, 0.15) is 0 Å². The van der Waals surface area contributed by atoms with Gasteiger partial charge in [0.2, 0.25) is 0 Å². The van der Waals surface area contributed by atoms with E-state index in [2.05, 4.69) is 10.3 Å². The quantitative estimate of drug-likeness (QED) is 0.681. The molecule has 7 nitrogen and oxygen atoms in total. The Morgan fingerprint density at radius 1 is 1.35 bits per heavy atom. The second kappa shape index (κ2) is 3.95. The topological polar surface area (TPSA) is 87.9 Å². The lowest BCUT2D eigenvalue weighted by molar-refractivity contribution is 0.0601. The average molecular weight is 236 g/mol. The van der Waals surface area contributed by atoms with E-state index in [1.54, 1.807) is 30.3 Å². The van der Waals surface area contributed by atoms with Crippen LogP contribution in [0.5, 0.6) is 0 Å². The highest BCUT2D eigenvalue weighted by Crippen LogP contribution is 2.33. The predicted molar refractivity (Wildman–Crippen MR) is 61.4 cm³/mol. The number of primary amides is 1. The van der Waals surface area contributed by atoms with Crippen molar-refractivity contribution in [1.29, 1.82) is 0 Å². The number of carbonyl (C=O) groups is 2. The summed E-state index contributed by atoms with van der Waals surface area (Å²) in [6.07, 6.45) is 0. The van der Waals surface area contributed by atoms with E-state index in [9.17, 15) is 9.59 Å². The maximum Gasteiger partial charge on any atom is 0.337 e. The summed E-state index contributed by atoms with van der Waals surface area (Å²) in [6.45, 7) is 0. The first-order chi connectivity index (χ1) is 8.04. The molecule has 90 valence electrons. The fourth-order valence-corrected chi connectivity index (χ4v) is 1.65. The Labute approximate surface area is 97.7 Å². The zero-order chi connectivity index (χ0) is 12.6. The number of nitrogens with two attached hydrogens (primary N) is 1. The molecule has 0 radical (unpaired) electrons. The maximum atomic E-state index is 11.4. The predicted octanol–water partition coefficient (Wildman–Crippen LogP) is 0.228. The first-order valence-electron chi connectivity index (χ1n) is 4.86. The van der Waals surface area contributed by atoms with Crippen molar-refractivity contribution in [3.63, 3.8) is 0 Å². The van der Waals surface area contributed by atoms with Crippen LogP contribution in [-0.4, -0.2) is 26.2 Å². The molecule has 17 heavy (non-hydrogen) atoms. The number of hydrogen-bond acceptors (Lipinski definition) is 5. The molecule has 7 heteroatoms. The highest BCUT2D eigenvalue weighted by atomic mass is 16.5. The molecule has 0 aromatic heterocycles. The van der Waals surface area contributed by atoms with Crippen LogP contribution in [0.1, 0.15) is 10.4 Å². The van der Waals surface area contributed by atoms with Gasteiger partial charge < -0.3 is 10.5 Å². The van der Waals surface area contributed by atoms with E-state index in [1.165, 1.54) is 12.1 Å². The molecule has 1 aromatic carbocycles. The first kappa shape index (κ1) is 11.2. The number of hydrogen-bond donors (Lipinski definition) is 2. The van der Waals surface area contributed by atoms with Gasteiger partial charge in [0, 0.05) is 7.05 Å². The Morgan fingerprint density at radius 3 is 2.65 bits per heavy atom. The summed E-state index contributed by atoms with van der Waals surface area (Å²) >= 11 is 0. The molecule has 0 saturated heterocycles. The summed E-state index contributed by atoms with van der Waals surface area (Å²) in [6, 6.07) is 4.20. The lowest BCUT2D eigenvalue weighted by Gasteiger charge is -2.15. The molecule has 0 unspecified atom stereocenters. The zero-order valence-electron chi connectivity index (χ0n) is 9.43. The molecule has 0 bridgehead atoms. The van der Waals surface area contributed by atoms with E-state index < -0.39 is 12.0 Å². The van der Waals surface area contributed by atoms with Crippen LogP contribution in [0.4, 0.5) is 16.2 Å². The van der Waals surface area contributed by atoms with Crippen molar-refractivity contribution in [1.82, 2.24) is 5.53 Å². The third-order valence-corrected chi connectivity index (χ3v) is 2.47. The van der Waals surface area contributed by atoms with Crippen LogP contribution in [-0.2, 0) is 4.74 Å². The number of urea groups is 1. The highest BCUT2D eigenvalue weighted by molar-refractivity contribution is 5.99. The molecular weight excluding hydrogens is 224 g/mol. The van der Waals surface area contributed by atoms with Gasteiger partial charge in [-0.15, -0.1) is 5.53 Å². The van der Waals surface area contributed by atoms with Crippen LogP contribution < -0.4 is 21.3 Å². The van der Waals surface area contributed by atoms with Gasteiger partial charge in [-0.1, -0.05) is 0 Å². The van der Waals surface area contributed by atoms with E-state index in [0.29, 0.717) is 16.9 Å². The number of esters is 1. The van der Waals surface area contributed by atoms with E-state index in [1.807, 2.05) is 0 Å². The van der Waals surface area contributed by atoms with Crippen LogP contribution in [0.25, 0.3) is 0 Å². The molecule has 0 fully saturated rings. The number of anilines is 2. The van der Waals surface area contributed by atoms with Gasteiger partial charge in [0.05, 0.1) is 24.0 Å². The zero-order valence-corrected chi connectivity index (χ0v) is 9.43. The number of carbonyl (C=O) groups excluding carboxylic acids is 2. The van der Waals surface area contributed by atoms with Crippen molar-refractivity contribution in [3.8, 4) is 0 Å². The number of amides is 2. The maximum absolute atomic E-state index is 11.4. The number of ether oxygens (including phenoxy) is 1. The summed E-state index contributed by atoms with van der Waals surface area (Å²) in [5, 5.41) is 2.78. The minimum atomic E-state index is -0.624. The van der Waals surface area contributed by atoms with E-state index >= 15 is 0 Å². The van der Waals surface area contributed by atoms with Gasteiger partial charge in [0.15, 0.2) is 0 Å². The smallest absolute Gasteiger partial charge is 0.337 e. The molecule has 3 N–H and O–H groups in total. The third-order valence-electron chi connectivity index (χ3n) is 2.47. The summed E-state index contributed by atoms with van der Waals surface area (Å²) in [5.41, 5.74) is 9.62. The summed E-state index contributed by atoms with van der Waals surface area (Å²) in [4.78, 5) is 22.5. The molecule has 1 heterocycles. The second-order valence-corrected chi connectivity index (χ2v) is 3.53. The number of rotatable bonds is 1. The van der Waals surface area contributed by atoms with Crippen molar-refractivity contribution in [2.24, 2.45) is 5.73 Å². The number of benzene rings is 1. The average Bonchev–Trinajstić information content (AvgIpc) is 2.65. The van der Waals surface area contributed by atoms with Crippen molar-refractivity contribution in [2.45, 2.75) is 0 Å². The number of nitrogens with zero attached hydrogens (tertiary/aromatic N) is 2. The van der Waals surface area contributed by atoms with Crippen LogP contribution >= 0.6 is 0 Å². The highest BCUT2D eigenvalue weighted by Gasteiger charge is 2.27. The molecule has 0 saturated carbocycles. The van der Waals surface area contributed by atoms with Gasteiger partial charge in [-0.25, -0.2) is 14.6 Å². The van der Waals surface area contributed by atoms with Gasteiger partial charge in [-0.05, 0) is 18.2 Å². The van der Waals surface area contributed by atoms with Crippen molar-refractivity contribution < 1.29 is 14.3 Å². The van der Waals surface area contributed by atoms with E-state index in [0.717, 1.165) is 0 Å². The lowest BCUT2D eigenvalue weighted by atomic mass is 10.1.